The Morgan fingerprint density at radius 3 is 2.93 bits per heavy atom. The SMILES string of the molecule is CCc1ncc(CNCCS(=O)CC)s1. The molecule has 1 N–H and O–H groups in total. The molecule has 0 saturated carbocycles. The number of hydrogen-bond acceptors (Lipinski definition) is 4. The predicted octanol–water partition coefficient (Wildman–Crippen LogP) is 1.56. The number of hydrogen-bond donors (Lipinski definition) is 1. The Labute approximate surface area is 97.8 Å². The van der Waals surface area contributed by atoms with Crippen molar-refractivity contribution in [1.82, 2.24) is 10.3 Å². The van der Waals surface area contributed by atoms with Crippen LogP contribution in [0, 0.1) is 0 Å². The second-order valence-electron chi connectivity index (χ2n) is 3.18. The van der Waals surface area contributed by atoms with Crippen molar-refractivity contribution < 1.29 is 4.21 Å². The monoisotopic (exact) mass is 246 g/mol. The first-order chi connectivity index (χ1) is 7.26. The zero-order valence-corrected chi connectivity index (χ0v) is 10.9. The van der Waals surface area contributed by atoms with Crippen LogP contribution in [0.25, 0.3) is 0 Å². The second-order valence-corrected chi connectivity index (χ2v) is 6.25. The molecule has 0 spiro atoms. The summed E-state index contributed by atoms with van der Waals surface area (Å²) >= 11 is 1.75. The van der Waals surface area contributed by atoms with Gasteiger partial charge in [-0.3, -0.25) is 4.21 Å². The molecule has 3 nitrogen and oxygen atoms in total. The van der Waals surface area contributed by atoms with Gasteiger partial charge in [-0.15, -0.1) is 11.3 Å². The number of nitrogens with one attached hydrogen (secondary N) is 1. The summed E-state index contributed by atoms with van der Waals surface area (Å²) in [6.45, 7) is 5.73. The van der Waals surface area contributed by atoms with E-state index in [4.69, 9.17) is 0 Å². The summed E-state index contributed by atoms with van der Waals surface area (Å²) in [4.78, 5) is 5.54. The van der Waals surface area contributed by atoms with Gasteiger partial charge in [0.05, 0.1) is 5.01 Å². The second kappa shape index (κ2) is 7.09. The molecular formula is C10H18N2OS2. The highest BCUT2D eigenvalue weighted by Crippen LogP contribution is 2.12. The maximum Gasteiger partial charge on any atom is 0.0925 e. The molecule has 5 heteroatoms. The van der Waals surface area contributed by atoms with Crippen LogP contribution in [0.1, 0.15) is 23.7 Å². The number of aryl methyl sites for hydroxylation is 1. The van der Waals surface area contributed by atoms with Crippen molar-refractivity contribution in [1.29, 1.82) is 0 Å². The Bertz CT molecular complexity index is 312. The van der Waals surface area contributed by atoms with E-state index in [0.717, 1.165) is 31.0 Å². The molecule has 15 heavy (non-hydrogen) atoms. The van der Waals surface area contributed by atoms with Crippen LogP contribution in [0.4, 0.5) is 0 Å². The molecule has 0 fully saturated rings. The number of rotatable bonds is 7. The lowest BCUT2D eigenvalue weighted by molar-refractivity contribution is 0.675. The molecule has 0 aromatic carbocycles. The van der Waals surface area contributed by atoms with Gasteiger partial charge in [-0.25, -0.2) is 4.98 Å². The number of thiazole rings is 1. The van der Waals surface area contributed by atoms with Gasteiger partial charge in [-0.05, 0) is 6.42 Å². The van der Waals surface area contributed by atoms with E-state index in [0.29, 0.717) is 0 Å². The van der Waals surface area contributed by atoms with Crippen molar-refractivity contribution >= 4 is 22.1 Å². The van der Waals surface area contributed by atoms with Crippen LogP contribution in [0.2, 0.25) is 0 Å². The molecule has 0 aliphatic carbocycles. The summed E-state index contributed by atoms with van der Waals surface area (Å²) in [6.07, 6.45) is 2.93. The molecule has 0 bridgehead atoms. The Morgan fingerprint density at radius 2 is 2.33 bits per heavy atom. The minimum Gasteiger partial charge on any atom is -0.311 e. The van der Waals surface area contributed by atoms with Crippen molar-refractivity contribution in [2.45, 2.75) is 26.8 Å². The van der Waals surface area contributed by atoms with Gasteiger partial charge in [-0.2, -0.15) is 0 Å². The molecule has 0 amide bonds. The average Bonchev–Trinajstić information content (AvgIpc) is 2.72. The Hall–Kier alpha value is -0.260. The lowest BCUT2D eigenvalue weighted by Crippen LogP contribution is -2.20. The maximum atomic E-state index is 11.1. The summed E-state index contributed by atoms with van der Waals surface area (Å²) in [7, 11) is -0.656. The Kier molecular flexibility index (Phi) is 6.05. The molecule has 1 unspecified atom stereocenters. The highest BCUT2D eigenvalue weighted by Gasteiger charge is 2.00. The first kappa shape index (κ1) is 12.8. The molecule has 1 atom stereocenters. The fourth-order valence-electron chi connectivity index (χ4n) is 1.14. The maximum absolute atomic E-state index is 11.1. The van der Waals surface area contributed by atoms with Crippen LogP contribution >= 0.6 is 11.3 Å². The Morgan fingerprint density at radius 1 is 1.53 bits per heavy atom. The van der Waals surface area contributed by atoms with E-state index < -0.39 is 10.8 Å². The first-order valence-electron chi connectivity index (χ1n) is 5.25. The summed E-state index contributed by atoms with van der Waals surface area (Å²) in [5, 5.41) is 4.47. The van der Waals surface area contributed by atoms with Crippen molar-refractivity contribution in [2.75, 3.05) is 18.1 Å². The molecule has 0 aliphatic heterocycles. The minimum atomic E-state index is -0.656. The zero-order valence-electron chi connectivity index (χ0n) is 9.28. The molecular weight excluding hydrogens is 228 g/mol. The van der Waals surface area contributed by atoms with E-state index in [-0.39, 0.29) is 0 Å². The zero-order chi connectivity index (χ0) is 11.1. The van der Waals surface area contributed by atoms with Gasteiger partial charge in [0.25, 0.3) is 0 Å². The fourth-order valence-corrected chi connectivity index (χ4v) is 2.63. The van der Waals surface area contributed by atoms with Crippen molar-refractivity contribution in [3.8, 4) is 0 Å². The average molecular weight is 246 g/mol. The first-order valence-corrected chi connectivity index (χ1v) is 7.56. The molecule has 0 saturated heterocycles. The third-order valence-corrected chi connectivity index (χ3v) is 4.48. The topological polar surface area (TPSA) is 42.0 Å². The van der Waals surface area contributed by atoms with E-state index in [1.165, 1.54) is 9.88 Å². The number of aromatic nitrogens is 1. The van der Waals surface area contributed by atoms with Crippen LogP contribution in [0.5, 0.6) is 0 Å². The molecule has 1 rings (SSSR count). The molecule has 1 heterocycles. The van der Waals surface area contributed by atoms with Gasteiger partial charge in [-0.1, -0.05) is 13.8 Å². The summed E-state index contributed by atoms with van der Waals surface area (Å²) in [6, 6.07) is 0. The van der Waals surface area contributed by atoms with Crippen LogP contribution in [-0.4, -0.2) is 27.2 Å². The van der Waals surface area contributed by atoms with Crippen LogP contribution in [0.3, 0.4) is 0 Å². The predicted molar refractivity (Wildman–Crippen MR) is 66.7 cm³/mol. The summed E-state index contributed by atoms with van der Waals surface area (Å²) in [5.74, 6) is 1.50. The summed E-state index contributed by atoms with van der Waals surface area (Å²) in [5.41, 5.74) is 0. The van der Waals surface area contributed by atoms with Crippen molar-refractivity contribution in [2.24, 2.45) is 0 Å². The molecule has 1 aromatic rings. The lowest BCUT2D eigenvalue weighted by Gasteiger charge is -2.01. The fraction of sp³-hybridized carbons (Fsp3) is 0.700. The number of nitrogens with zero attached hydrogens (tertiary/aromatic N) is 1. The highest BCUT2D eigenvalue weighted by atomic mass is 32.2. The minimum absolute atomic E-state index is 0.656. The van der Waals surface area contributed by atoms with Gasteiger partial charge >= 0.3 is 0 Å². The van der Waals surface area contributed by atoms with Gasteiger partial charge in [0, 0.05) is 46.5 Å². The smallest absolute Gasteiger partial charge is 0.0925 e. The van der Waals surface area contributed by atoms with E-state index in [9.17, 15) is 4.21 Å². The van der Waals surface area contributed by atoms with E-state index in [1.807, 2.05) is 13.1 Å². The molecule has 86 valence electrons. The largest absolute Gasteiger partial charge is 0.311 e. The van der Waals surface area contributed by atoms with E-state index in [1.54, 1.807) is 11.3 Å². The lowest BCUT2D eigenvalue weighted by atomic mass is 10.5. The molecule has 0 aliphatic rings. The van der Waals surface area contributed by atoms with Gasteiger partial charge < -0.3 is 5.32 Å². The van der Waals surface area contributed by atoms with Crippen LogP contribution in [0.15, 0.2) is 6.20 Å². The van der Waals surface area contributed by atoms with Crippen LogP contribution in [-0.2, 0) is 23.8 Å². The van der Waals surface area contributed by atoms with Gasteiger partial charge in [0.15, 0.2) is 0 Å². The normalized spacial score (nSPS) is 12.9. The van der Waals surface area contributed by atoms with Gasteiger partial charge in [0.2, 0.25) is 0 Å². The standard InChI is InChI=1S/C10H18N2OS2/c1-3-10-12-8-9(14-10)7-11-5-6-15(13)4-2/h8,11H,3-7H2,1-2H3. The van der Waals surface area contributed by atoms with Crippen molar-refractivity contribution in [3.63, 3.8) is 0 Å². The highest BCUT2D eigenvalue weighted by molar-refractivity contribution is 7.84. The van der Waals surface area contributed by atoms with E-state index in [2.05, 4.69) is 17.2 Å². The summed E-state index contributed by atoms with van der Waals surface area (Å²) < 4.78 is 11.1. The van der Waals surface area contributed by atoms with Gasteiger partial charge in [0.1, 0.15) is 0 Å². The quantitative estimate of drug-likeness (QED) is 0.743. The molecule has 0 radical (unpaired) electrons. The Balaban J connectivity index is 2.17. The van der Waals surface area contributed by atoms with Crippen molar-refractivity contribution in [3.05, 3.63) is 16.1 Å². The van der Waals surface area contributed by atoms with E-state index >= 15 is 0 Å². The molecule has 1 aromatic heterocycles. The van der Waals surface area contributed by atoms with Crippen LogP contribution < -0.4 is 5.32 Å². The third-order valence-electron chi connectivity index (χ3n) is 2.03. The third kappa shape index (κ3) is 4.86.